The van der Waals surface area contributed by atoms with Gasteiger partial charge in [-0.05, 0) is 40.9 Å². The van der Waals surface area contributed by atoms with Gasteiger partial charge < -0.3 is 18.9 Å². The number of ether oxygens (including phenoxy) is 4. The summed E-state index contributed by atoms with van der Waals surface area (Å²) >= 11 is 1.79. The van der Waals surface area contributed by atoms with E-state index in [1.165, 1.54) is 11.1 Å². The molecular formula is C21H25N3O4S. The summed E-state index contributed by atoms with van der Waals surface area (Å²) in [5.41, 5.74) is 11.1. The predicted octanol–water partition coefficient (Wildman–Crippen LogP) is 5.11. The second kappa shape index (κ2) is 9.89. The Kier molecular flexibility index (Phi) is 7.28. The van der Waals surface area contributed by atoms with E-state index in [9.17, 15) is 0 Å². The van der Waals surface area contributed by atoms with Crippen LogP contribution in [0.5, 0.6) is 11.5 Å². The number of nitrogens with zero attached hydrogens (tertiary/aromatic N) is 3. The van der Waals surface area contributed by atoms with Gasteiger partial charge in [-0.25, -0.2) is 0 Å². The van der Waals surface area contributed by atoms with Gasteiger partial charge in [-0.1, -0.05) is 30.2 Å². The molecule has 0 amide bonds. The lowest BCUT2D eigenvalue weighted by Gasteiger charge is -2.42. The SMILES string of the molecule is COCOc1ccc(C2(C)CSc3cc(OCOC)ccc3C2CN=[N+]=[N-])cc1. The largest absolute Gasteiger partial charge is 0.468 e. The van der Waals surface area contributed by atoms with Gasteiger partial charge in [0.1, 0.15) is 11.5 Å². The molecule has 29 heavy (non-hydrogen) atoms. The molecule has 0 radical (unpaired) electrons. The van der Waals surface area contributed by atoms with Crippen LogP contribution < -0.4 is 9.47 Å². The first-order valence-corrected chi connectivity index (χ1v) is 10.2. The molecule has 1 aliphatic heterocycles. The third-order valence-electron chi connectivity index (χ3n) is 5.19. The average Bonchev–Trinajstić information content (AvgIpc) is 2.76. The lowest BCUT2D eigenvalue weighted by Crippen LogP contribution is -2.37. The molecular weight excluding hydrogens is 390 g/mol. The van der Waals surface area contributed by atoms with Gasteiger partial charge in [-0.3, -0.25) is 0 Å². The number of thioether (sulfide) groups is 1. The van der Waals surface area contributed by atoms with Crippen LogP contribution >= 0.6 is 11.8 Å². The van der Waals surface area contributed by atoms with Gasteiger partial charge in [0.15, 0.2) is 13.6 Å². The Morgan fingerprint density at radius 1 is 1.07 bits per heavy atom. The highest BCUT2D eigenvalue weighted by atomic mass is 32.2. The van der Waals surface area contributed by atoms with Gasteiger partial charge in [0, 0.05) is 47.7 Å². The first kappa shape index (κ1) is 21.3. The normalized spacial score (nSPS) is 20.4. The highest BCUT2D eigenvalue weighted by Gasteiger charge is 2.41. The lowest BCUT2D eigenvalue weighted by molar-refractivity contribution is 0.0508. The van der Waals surface area contributed by atoms with Crippen molar-refractivity contribution >= 4 is 11.8 Å². The Hall–Kier alpha value is -2.38. The van der Waals surface area contributed by atoms with Crippen LogP contribution in [0.3, 0.4) is 0 Å². The second-order valence-corrected chi connectivity index (χ2v) is 8.02. The first-order valence-electron chi connectivity index (χ1n) is 9.24. The number of hydrogen-bond acceptors (Lipinski definition) is 6. The highest BCUT2D eigenvalue weighted by molar-refractivity contribution is 7.99. The summed E-state index contributed by atoms with van der Waals surface area (Å²) in [6.45, 7) is 3.04. The predicted molar refractivity (Wildman–Crippen MR) is 113 cm³/mol. The first-order chi connectivity index (χ1) is 14.1. The number of azide groups is 1. The summed E-state index contributed by atoms with van der Waals surface area (Å²) in [4.78, 5) is 4.16. The molecule has 8 heteroatoms. The Morgan fingerprint density at radius 3 is 2.38 bits per heavy atom. The molecule has 3 rings (SSSR count). The second-order valence-electron chi connectivity index (χ2n) is 7.00. The van der Waals surface area contributed by atoms with Crippen LogP contribution in [-0.2, 0) is 14.9 Å². The van der Waals surface area contributed by atoms with Gasteiger partial charge in [-0.15, -0.1) is 11.8 Å². The molecule has 2 unspecified atom stereocenters. The fourth-order valence-electron chi connectivity index (χ4n) is 3.58. The van der Waals surface area contributed by atoms with Crippen molar-refractivity contribution in [1.82, 2.24) is 0 Å². The van der Waals surface area contributed by atoms with E-state index in [1.54, 1.807) is 26.0 Å². The van der Waals surface area contributed by atoms with Crippen molar-refractivity contribution in [2.24, 2.45) is 5.11 Å². The molecule has 7 nitrogen and oxygen atoms in total. The van der Waals surface area contributed by atoms with E-state index in [1.807, 2.05) is 24.3 Å². The lowest BCUT2D eigenvalue weighted by atomic mass is 9.70. The molecule has 0 spiro atoms. The third kappa shape index (κ3) is 4.79. The van der Waals surface area contributed by atoms with Crippen molar-refractivity contribution in [3.63, 3.8) is 0 Å². The molecule has 0 bridgehead atoms. The molecule has 1 aliphatic rings. The van der Waals surface area contributed by atoms with Gasteiger partial charge in [0.2, 0.25) is 0 Å². The zero-order valence-corrected chi connectivity index (χ0v) is 17.6. The molecule has 0 N–H and O–H groups in total. The maximum absolute atomic E-state index is 8.94. The smallest absolute Gasteiger partial charge is 0.188 e. The molecule has 2 aromatic carbocycles. The van der Waals surface area contributed by atoms with Crippen molar-refractivity contribution in [1.29, 1.82) is 0 Å². The van der Waals surface area contributed by atoms with Crippen LogP contribution in [0.25, 0.3) is 10.4 Å². The maximum atomic E-state index is 8.94. The molecule has 0 saturated heterocycles. The summed E-state index contributed by atoms with van der Waals surface area (Å²) in [6, 6.07) is 14.1. The monoisotopic (exact) mass is 415 g/mol. The fourth-order valence-corrected chi connectivity index (χ4v) is 4.98. The summed E-state index contributed by atoms with van der Waals surface area (Å²) in [7, 11) is 3.19. The molecule has 0 aliphatic carbocycles. The average molecular weight is 416 g/mol. The third-order valence-corrected chi connectivity index (χ3v) is 6.59. The number of fused-ring (bicyclic) bond motifs is 1. The molecule has 0 saturated carbocycles. The summed E-state index contributed by atoms with van der Waals surface area (Å²) < 4.78 is 21.0. The zero-order valence-electron chi connectivity index (χ0n) is 16.8. The minimum atomic E-state index is -0.194. The van der Waals surface area contributed by atoms with E-state index in [-0.39, 0.29) is 24.9 Å². The van der Waals surface area contributed by atoms with E-state index in [4.69, 9.17) is 24.5 Å². The van der Waals surface area contributed by atoms with Crippen molar-refractivity contribution in [3.8, 4) is 11.5 Å². The number of methoxy groups -OCH3 is 2. The summed E-state index contributed by atoms with van der Waals surface area (Å²) in [5.74, 6) is 2.44. The van der Waals surface area contributed by atoms with Crippen molar-refractivity contribution in [3.05, 3.63) is 64.0 Å². The Morgan fingerprint density at radius 2 is 1.72 bits per heavy atom. The summed E-state index contributed by atoms with van der Waals surface area (Å²) in [6.07, 6.45) is 0. The Labute approximate surface area is 174 Å². The van der Waals surface area contributed by atoms with Gasteiger partial charge in [-0.2, -0.15) is 0 Å². The highest BCUT2D eigenvalue weighted by Crippen LogP contribution is 2.51. The van der Waals surface area contributed by atoms with Gasteiger partial charge in [0.25, 0.3) is 0 Å². The number of hydrogen-bond donors (Lipinski definition) is 0. The topological polar surface area (TPSA) is 85.7 Å². The molecule has 0 aromatic heterocycles. The Bertz CT molecular complexity index is 871. The van der Waals surface area contributed by atoms with Crippen LogP contribution in [0.2, 0.25) is 0 Å². The van der Waals surface area contributed by atoms with Crippen LogP contribution in [0.4, 0.5) is 0 Å². The molecule has 0 fully saturated rings. The quantitative estimate of drug-likeness (QED) is 0.246. The van der Waals surface area contributed by atoms with Crippen molar-refractivity contribution < 1.29 is 18.9 Å². The Balaban J connectivity index is 1.93. The molecule has 2 aromatic rings. The van der Waals surface area contributed by atoms with E-state index in [0.29, 0.717) is 6.54 Å². The molecule has 154 valence electrons. The van der Waals surface area contributed by atoms with E-state index in [0.717, 1.165) is 22.1 Å². The molecule has 1 heterocycles. The van der Waals surface area contributed by atoms with E-state index >= 15 is 0 Å². The van der Waals surface area contributed by atoms with Crippen LogP contribution in [0.15, 0.2) is 52.5 Å². The van der Waals surface area contributed by atoms with Crippen molar-refractivity contribution in [2.45, 2.75) is 23.2 Å². The number of rotatable bonds is 9. The minimum absolute atomic E-state index is 0.0527. The standard InChI is InChI=1S/C21H25N3O4S/c1-21(15-4-6-16(7-5-15)27-13-25-2)12-29-20-10-17(28-14-26-3)8-9-18(20)19(21)11-23-24-22/h4-10,19H,11-14H2,1-3H3. The minimum Gasteiger partial charge on any atom is -0.468 e. The number of benzene rings is 2. The molecule has 2 atom stereocenters. The zero-order chi connectivity index (χ0) is 20.7. The van der Waals surface area contributed by atoms with E-state index < -0.39 is 0 Å². The van der Waals surface area contributed by atoms with Crippen LogP contribution in [0, 0.1) is 0 Å². The van der Waals surface area contributed by atoms with E-state index in [2.05, 4.69) is 35.1 Å². The maximum Gasteiger partial charge on any atom is 0.188 e. The fraction of sp³-hybridized carbons (Fsp3) is 0.429. The van der Waals surface area contributed by atoms with Crippen LogP contribution in [-0.4, -0.2) is 40.1 Å². The van der Waals surface area contributed by atoms with Gasteiger partial charge in [0.05, 0.1) is 0 Å². The van der Waals surface area contributed by atoms with Crippen LogP contribution in [0.1, 0.15) is 24.0 Å². The van der Waals surface area contributed by atoms with Gasteiger partial charge >= 0.3 is 0 Å². The van der Waals surface area contributed by atoms with Crippen molar-refractivity contribution in [2.75, 3.05) is 40.1 Å². The summed E-state index contributed by atoms with van der Waals surface area (Å²) in [5, 5.41) is 3.92.